The van der Waals surface area contributed by atoms with Crippen LogP contribution in [0.4, 0.5) is 4.39 Å². The maximum atomic E-state index is 13.0. The zero-order chi connectivity index (χ0) is 15.4. The van der Waals surface area contributed by atoms with Gasteiger partial charge in [0.25, 0.3) is 5.91 Å². The highest BCUT2D eigenvalue weighted by atomic mass is 79.9. The molecule has 0 aliphatic heterocycles. The number of nitrogens with zero attached hydrogens (tertiary/aromatic N) is 2. The molecule has 0 fully saturated rings. The minimum atomic E-state index is -0.691. The van der Waals surface area contributed by atoms with E-state index in [0.29, 0.717) is 16.8 Å². The normalized spacial score (nSPS) is 12.0. The molecule has 112 valence electrons. The lowest BCUT2D eigenvalue weighted by atomic mass is 10.3. The van der Waals surface area contributed by atoms with Crippen LogP contribution in [0.5, 0.6) is 5.75 Å². The second-order valence-electron chi connectivity index (χ2n) is 4.57. The molecule has 0 radical (unpaired) electrons. The van der Waals surface area contributed by atoms with Gasteiger partial charge in [-0.05, 0) is 41.1 Å². The molecule has 1 unspecified atom stereocenters. The summed E-state index contributed by atoms with van der Waals surface area (Å²) in [5, 5.41) is 6.78. The molecule has 0 saturated heterocycles. The summed E-state index contributed by atoms with van der Waals surface area (Å²) in [6.45, 7) is 2.01. The number of halogens is 2. The number of ether oxygens (including phenoxy) is 1. The first-order chi connectivity index (χ1) is 9.95. The van der Waals surface area contributed by atoms with Crippen molar-refractivity contribution in [3.05, 3.63) is 46.4 Å². The highest BCUT2D eigenvalue weighted by Gasteiger charge is 2.16. The van der Waals surface area contributed by atoms with Crippen LogP contribution in [0.15, 0.2) is 35.1 Å². The topological polar surface area (TPSA) is 56.1 Å². The number of hydrogen-bond donors (Lipinski definition) is 1. The van der Waals surface area contributed by atoms with Gasteiger partial charge in [0.2, 0.25) is 0 Å². The number of carbonyl (C=O) groups is 1. The van der Waals surface area contributed by atoms with Crippen LogP contribution in [0.3, 0.4) is 0 Å². The molecule has 1 amide bonds. The predicted octanol–water partition coefficient (Wildman–Crippen LogP) is 2.41. The van der Waals surface area contributed by atoms with Crippen molar-refractivity contribution in [1.29, 1.82) is 0 Å². The first-order valence-electron chi connectivity index (χ1n) is 6.32. The van der Waals surface area contributed by atoms with Crippen molar-refractivity contribution in [2.24, 2.45) is 7.05 Å². The largest absolute Gasteiger partial charge is 0.480 e. The molecule has 2 aromatic rings. The molecule has 1 aromatic carbocycles. The number of nitrogens with one attached hydrogen (secondary N) is 1. The van der Waals surface area contributed by atoms with Gasteiger partial charge in [-0.3, -0.25) is 9.48 Å². The fraction of sp³-hybridized carbons (Fsp3) is 0.286. The van der Waals surface area contributed by atoms with Crippen LogP contribution in [-0.2, 0) is 18.4 Å². The summed E-state index contributed by atoms with van der Waals surface area (Å²) in [7, 11) is 1.81. The van der Waals surface area contributed by atoms with Gasteiger partial charge >= 0.3 is 0 Å². The minimum Gasteiger partial charge on any atom is -0.480 e. The lowest BCUT2D eigenvalue weighted by Gasteiger charge is -2.15. The maximum Gasteiger partial charge on any atom is 0.261 e. The molecular weight excluding hydrogens is 341 g/mol. The van der Waals surface area contributed by atoms with Gasteiger partial charge in [0, 0.05) is 25.4 Å². The van der Waals surface area contributed by atoms with Gasteiger partial charge in [-0.1, -0.05) is 0 Å². The maximum absolute atomic E-state index is 13.0. The molecule has 7 heteroatoms. The Hall–Kier alpha value is -1.89. The van der Waals surface area contributed by atoms with E-state index >= 15 is 0 Å². The Bertz CT molecular complexity index is 645. The highest BCUT2D eigenvalue weighted by Crippen LogP contribution is 2.26. The third kappa shape index (κ3) is 4.29. The summed E-state index contributed by atoms with van der Waals surface area (Å²) >= 11 is 3.20. The lowest BCUT2D eigenvalue weighted by Crippen LogP contribution is -2.35. The van der Waals surface area contributed by atoms with Crippen LogP contribution < -0.4 is 10.1 Å². The van der Waals surface area contributed by atoms with E-state index < -0.39 is 6.10 Å². The average molecular weight is 356 g/mol. The Labute approximate surface area is 130 Å². The highest BCUT2D eigenvalue weighted by molar-refractivity contribution is 9.10. The molecule has 2 rings (SSSR count). The number of aryl methyl sites for hydroxylation is 1. The summed E-state index contributed by atoms with van der Waals surface area (Å²) in [5.41, 5.74) is 0.904. The predicted molar refractivity (Wildman–Crippen MR) is 79.2 cm³/mol. The summed E-state index contributed by atoms with van der Waals surface area (Å²) in [5.74, 6) is -0.210. The fourth-order valence-corrected chi connectivity index (χ4v) is 2.16. The van der Waals surface area contributed by atoms with Gasteiger partial charge in [-0.2, -0.15) is 5.10 Å². The number of carbonyl (C=O) groups excluding carboxylic acids is 1. The third-order valence-electron chi connectivity index (χ3n) is 2.79. The van der Waals surface area contributed by atoms with Gasteiger partial charge in [-0.15, -0.1) is 0 Å². The van der Waals surface area contributed by atoms with Crippen LogP contribution in [-0.4, -0.2) is 21.8 Å². The Morgan fingerprint density at radius 1 is 1.57 bits per heavy atom. The van der Waals surface area contributed by atoms with Crippen LogP contribution in [0.2, 0.25) is 0 Å². The molecule has 1 atom stereocenters. The molecule has 1 aromatic heterocycles. The Morgan fingerprint density at radius 2 is 2.33 bits per heavy atom. The average Bonchev–Trinajstić information content (AvgIpc) is 2.85. The molecule has 5 nitrogen and oxygen atoms in total. The lowest BCUT2D eigenvalue weighted by molar-refractivity contribution is -0.127. The summed E-state index contributed by atoms with van der Waals surface area (Å²) in [6, 6.07) is 4.04. The van der Waals surface area contributed by atoms with E-state index in [2.05, 4.69) is 26.3 Å². The number of hydrogen-bond acceptors (Lipinski definition) is 3. The molecule has 0 saturated carbocycles. The Balaban J connectivity index is 1.90. The van der Waals surface area contributed by atoms with Crippen LogP contribution >= 0.6 is 15.9 Å². The van der Waals surface area contributed by atoms with Crippen molar-refractivity contribution in [2.45, 2.75) is 19.6 Å². The molecule has 0 spiro atoms. The SMILES string of the molecule is CC(Oc1ccc(F)cc1Br)C(=O)NCc1cnn(C)c1. The van der Waals surface area contributed by atoms with Gasteiger partial charge in [-0.25, -0.2) is 4.39 Å². The van der Waals surface area contributed by atoms with E-state index in [1.165, 1.54) is 18.2 Å². The second kappa shape index (κ2) is 6.71. The van der Waals surface area contributed by atoms with Crippen LogP contribution in [0.25, 0.3) is 0 Å². The molecule has 1 N–H and O–H groups in total. The quantitative estimate of drug-likeness (QED) is 0.895. The molecular formula is C14H15BrFN3O2. The molecule has 0 bridgehead atoms. The molecule has 21 heavy (non-hydrogen) atoms. The molecule has 0 aliphatic rings. The first-order valence-corrected chi connectivity index (χ1v) is 7.12. The number of aromatic nitrogens is 2. The van der Waals surface area contributed by atoms with Crippen molar-refractivity contribution in [2.75, 3.05) is 0 Å². The zero-order valence-corrected chi connectivity index (χ0v) is 13.2. The van der Waals surface area contributed by atoms with E-state index in [9.17, 15) is 9.18 Å². The van der Waals surface area contributed by atoms with E-state index in [1.54, 1.807) is 17.8 Å². The zero-order valence-electron chi connectivity index (χ0n) is 11.6. The standard InChI is InChI=1S/C14H15BrFN3O2/c1-9(21-13-4-3-11(16)5-12(13)15)14(20)17-6-10-7-18-19(2)8-10/h3-5,7-9H,6H2,1-2H3,(H,17,20). The number of amides is 1. The van der Waals surface area contributed by atoms with Crippen molar-refractivity contribution >= 4 is 21.8 Å². The summed E-state index contributed by atoms with van der Waals surface area (Å²) in [6.07, 6.45) is 2.81. The van der Waals surface area contributed by atoms with Crippen LogP contribution in [0, 0.1) is 5.82 Å². The van der Waals surface area contributed by atoms with Crippen molar-refractivity contribution < 1.29 is 13.9 Å². The molecule has 1 heterocycles. The Kier molecular flexibility index (Phi) is 4.95. The van der Waals surface area contributed by atoms with Gasteiger partial charge in [0.05, 0.1) is 10.7 Å². The van der Waals surface area contributed by atoms with E-state index in [0.717, 1.165) is 5.56 Å². The van der Waals surface area contributed by atoms with E-state index in [1.807, 2.05) is 13.2 Å². The summed E-state index contributed by atoms with van der Waals surface area (Å²) in [4.78, 5) is 12.0. The van der Waals surface area contributed by atoms with Crippen molar-refractivity contribution in [3.63, 3.8) is 0 Å². The third-order valence-corrected chi connectivity index (χ3v) is 3.41. The smallest absolute Gasteiger partial charge is 0.261 e. The van der Waals surface area contributed by atoms with E-state index in [4.69, 9.17) is 4.74 Å². The van der Waals surface area contributed by atoms with Gasteiger partial charge in [0.1, 0.15) is 11.6 Å². The summed E-state index contributed by atoms with van der Waals surface area (Å²) < 4.78 is 20.6. The van der Waals surface area contributed by atoms with Crippen LogP contribution in [0.1, 0.15) is 12.5 Å². The van der Waals surface area contributed by atoms with Crippen molar-refractivity contribution in [3.8, 4) is 5.75 Å². The van der Waals surface area contributed by atoms with Gasteiger partial charge < -0.3 is 10.1 Å². The number of rotatable bonds is 5. The Morgan fingerprint density at radius 3 is 2.95 bits per heavy atom. The molecule has 0 aliphatic carbocycles. The fourth-order valence-electron chi connectivity index (χ4n) is 1.71. The minimum absolute atomic E-state index is 0.255. The first kappa shape index (κ1) is 15.5. The van der Waals surface area contributed by atoms with Gasteiger partial charge in [0.15, 0.2) is 6.10 Å². The number of benzene rings is 1. The monoisotopic (exact) mass is 355 g/mol. The second-order valence-corrected chi connectivity index (χ2v) is 5.43. The van der Waals surface area contributed by atoms with E-state index in [-0.39, 0.29) is 11.7 Å². The van der Waals surface area contributed by atoms with Crippen molar-refractivity contribution in [1.82, 2.24) is 15.1 Å².